The Morgan fingerprint density at radius 3 is 2.17 bits per heavy atom. The first-order chi connectivity index (χ1) is 17.5. The van der Waals surface area contributed by atoms with Gasteiger partial charge in [-0.3, -0.25) is 14.4 Å². The van der Waals surface area contributed by atoms with Crippen LogP contribution in [0.4, 0.5) is 5.69 Å². The van der Waals surface area contributed by atoms with Crippen molar-refractivity contribution in [2.75, 3.05) is 18.1 Å². The number of nitrogens with zero attached hydrogens (tertiary/aromatic N) is 1. The Morgan fingerprint density at radius 1 is 0.833 bits per heavy atom. The van der Waals surface area contributed by atoms with Crippen molar-refractivity contribution in [2.24, 2.45) is 0 Å². The molecule has 1 aliphatic rings. The summed E-state index contributed by atoms with van der Waals surface area (Å²) >= 11 is 0. The van der Waals surface area contributed by atoms with Gasteiger partial charge in [0.15, 0.2) is 11.5 Å². The van der Waals surface area contributed by atoms with Crippen molar-refractivity contribution in [3.8, 4) is 17.2 Å². The van der Waals surface area contributed by atoms with Gasteiger partial charge in [-0.25, -0.2) is 4.90 Å². The normalized spacial score (nSPS) is 12.4. The van der Waals surface area contributed by atoms with E-state index in [0.717, 1.165) is 23.3 Å². The first-order valence-corrected chi connectivity index (χ1v) is 12.2. The van der Waals surface area contributed by atoms with Gasteiger partial charge in [0, 0.05) is 6.42 Å². The highest BCUT2D eigenvalue weighted by Gasteiger charge is 2.36. The van der Waals surface area contributed by atoms with E-state index in [9.17, 15) is 14.4 Å². The predicted octanol–water partition coefficient (Wildman–Crippen LogP) is 5.60. The second-order valence-corrected chi connectivity index (χ2v) is 8.38. The smallest absolute Gasteiger partial charge is 0.311 e. The van der Waals surface area contributed by atoms with Gasteiger partial charge in [-0.05, 0) is 73.9 Å². The molecule has 36 heavy (non-hydrogen) atoms. The van der Waals surface area contributed by atoms with Crippen molar-refractivity contribution < 1.29 is 28.6 Å². The Morgan fingerprint density at radius 2 is 1.53 bits per heavy atom. The minimum absolute atomic E-state index is 0.182. The lowest BCUT2D eigenvalue weighted by atomic mass is 10.1. The molecule has 1 heterocycles. The molecule has 4 rings (SSSR count). The molecule has 0 aliphatic carbocycles. The maximum atomic E-state index is 12.6. The number of hydrogen-bond acceptors (Lipinski definition) is 6. The van der Waals surface area contributed by atoms with Crippen LogP contribution in [0, 0.1) is 0 Å². The fourth-order valence-corrected chi connectivity index (χ4v) is 3.94. The molecule has 0 atom stereocenters. The third-order valence-electron chi connectivity index (χ3n) is 5.80. The van der Waals surface area contributed by atoms with Crippen LogP contribution in [0.3, 0.4) is 0 Å². The predicted molar refractivity (Wildman–Crippen MR) is 136 cm³/mol. The molecular weight excluding hydrogens is 458 g/mol. The van der Waals surface area contributed by atoms with Crippen LogP contribution in [0.5, 0.6) is 17.2 Å². The Hall–Kier alpha value is -4.13. The first kappa shape index (κ1) is 25.0. The number of benzene rings is 3. The van der Waals surface area contributed by atoms with Crippen molar-refractivity contribution in [2.45, 2.75) is 39.5 Å². The van der Waals surface area contributed by atoms with E-state index in [1.165, 1.54) is 0 Å². The summed E-state index contributed by atoms with van der Waals surface area (Å²) in [4.78, 5) is 38.9. The highest BCUT2D eigenvalue weighted by Crippen LogP contribution is 2.31. The third-order valence-corrected chi connectivity index (χ3v) is 5.80. The number of anilines is 1. The van der Waals surface area contributed by atoms with Gasteiger partial charge >= 0.3 is 5.97 Å². The zero-order chi connectivity index (χ0) is 25.5. The number of aryl methyl sites for hydroxylation is 1. The van der Waals surface area contributed by atoms with Gasteiger partial charge in [0.25, 0.3) is 11.8 Å². The highest BCUT2D eigenvalue weighted by atomic mass is 16.5. The lowest BCUT2D eigenvalue weighted by molar-refractivity contribution is -0.134. The van der Waals surface area contributed by atoms with Gasteiger partial charge in [-0.1, -0.05) is 31.5 Å². The number of carbonyl (C=O) groups excluding carboxylic acids is 3. The van der Waals surface area contributed by atoms with E-state index in [2.05, 4.69) is 6.92 Å². The maximum absolute atomic E-state index is 12.6. The summed E-state index contributed by atoms with van der Waals surface area (Å²) in [6.07, 6.45) is 2.69. The second-order valence-electron chi connectivity index (χ2n) is 8.38. The van der Waals surface area contributed by atoms with Gasteiger partial charge in [0.2, 0.25) is 0 Å². The van der Waals surface area contributed by atoms with Gasteiger partial charge in [-0.2, -0.15) is 0 Å². The molecule has 3 aromatic rings. The minimum atomic E-state index is -0.385. The van der Waals surface area contributed by atoms with Gasteiger partial charge < -0.3 is 14.2 Å². The van der Waals surface area contributed by atoms with Crippen molar-refractivity contribution in [1.82, 2.24) is 0 Å². The average Bonchev–Trinajstić information content (AvgIpc) is 3.14. The molecule has 0 saturated heterocycles. The SMILES string of the molecule is CCCCOc1ccc(CCC(=O)Oc2ccc(N3C(=O)c4ccccc4C3=O)cc2)cc1OCC. The number of imide groups is 1. The maximum Gasteiger partial charge on any atom is 0.311 e. The van der Waals surface area contributed by atoms with Crippen LogP contribution < -0.4 is 19.1 Å². The highest BCUT2D eigenvalue weighted by molar-refractivity contribution is 6.34. The fraction of sp³-hybridized carbons (Fsp3) is 0.276. The van der Waals surface area contributed by atoms with Gasteiger partial charge in [0.05, 0.1) is 30.0 Å². The van der Waals surface area contributed by atoms with E-state index < -0.39 is 0 Å². The summed E-state index contributed by atoms with van der Waals surface area (Å²) in [5.41, 5.74) is 2.13. The Balaban J connectivity index is 1.34. The number of carbonyl (C=O) groups is 3. The second kappa shape index (κ2) is 11.5. The van der Waals surface area contributed by atoms with E-state index in [0.29, 0.717) is 53.7 Å². The summed E-state index contributed by atoms with van der Waals surface area (Å²) in [7, 11) is 0. The van der Waals surface area contributed by atoms with Gasteiger partial charge in [-0.15, -0.1) is 0 Å². The number of amides is 2. The summed E-state index contributed by atoms with van der Waals surface area (Å²) < 4.78 is 17.0. The largest absolute Gasteiger partial charge is 0.490 e. The van der Waals surface area contributed by atoms with Crippen molar-refractivity contribution in [1.29, 1.82) is 0 Å². The van der Waals surface area contributed by atoms with E-state index >= 15 is 0 Å². The van der Waals surface area contributed by atoms with Crippen LogP contribution in [0.1, 0.15) is 59.4 Å². The molecule has 0 radical (unpaired) electrons. The van der Waals surface area contributed by atoms with Crippen molar-refractivity contribution in [3.05, 3.63) is 83.4 Å². The molecule has 0 aromatic heterocycles. The van der Waals surface area contributed by atoms with Crippen LogP contribution in [-0.4, -0.2) is 31.0 Å². The number of ether oxygens (including phenoxy) is 3. The Kier molecular flexibility index (Phi) is 8.00. The van der Waals surface area contributed by atoms with Crippen LogP contribution in [-0.2, 0) is 11.2 Å². The molecule has 0 saturated carbocycles. The summed E-state index contributed by atoms with van der Waals surface area (Å²) in [6.45, 7) is 5.18. The monoisotopic (exact) mass is 487 g/mol. The number of unbranched alkanes of at least 4 members (excludes halogenated alkanes) is 1. The summed E-state index contributed by atoms with van der Waals surface area (Å²) in [6, 6.07) is 18.8. The van der Waals surface area contributed by atoms with E-state index in [1.807, 2.05) is 25.1 Å². The van der Waals surface area contributed by atoms with Crippen molar-refractivity contribution in [3.63, 3.8) is 0 Å². The van der Waals surface area contributed by atoms with E-state index in [-0.39, 0.29) is 24.2 Å². The molecule has 2 amide bonds. The zero-order valence-electron chi connectivity index (χ0n) is 20.5. The average molecular weight is 488 g/mol. The number of fused-ring (bicyclic) bond motifs is 1. The standard InChI is InChI=1S/C29H29NO6/c1-3-5-18-35-25-16-10-20(19-26(25)34-4-2)11-17-27(31)36-22-14-12-21(13-15-22)30-28(32)23-8-6-7-9-24(23)29(30)33/h6-10,12-16,19H,3-5,11,17-18H2,1-2H3. The molecule has 0 bridgehead atoms. The Labute approximate surface area is 210 Å². The van der Waals surface area contributed by atoms with E-state index in [4.69, 9.17) is 14.2 Å². The Bertz CT molecular complexity index is 1220. The third kappa shape index (κ3) is 5.57. The molecule has 0 fully saturated rings. The summed E-state index contributed by atoms with van der Waals surface area (Å²) in [5, 5.41) is 0. The molecule has 186 valence electrons. The molecule has 3 aromatic carbocycles. The molecule has 7 nitrogen and oxygen atoms in total. The lowest BCUT2D eigenvalue weighted by Crippen LogP contribution is -2.29. The zero-order valence-corrected chi connectivity index (χ0v) is 20.5. The first-order valence-electron chi connectivity index (χ1n) is 12.2. The topological polar surface area (TPSA) is 82.1 Å². The van der Waals surface area contributed by atoms with E-state index in [1.54, 1.807) is 48.5 Å². The molecule has 7 heteroatoms. The molecule has 0 spiro atoms. The lowest BCUT2D eigenvalue weighted by Gasteiger charge is -2.14. The molecule has 1 aliphatic heterocycles. The number of rotatable bonds is 11. The fourth-order valence-electron chi connectivity index (χ4n) is 3.94. The van der Waals surface area contributed by atoms with Crippen LogP contribution in [0.15, 0.2) is 66.7 Å². The molecule has 0 unspecified atom stereocenters. The molecular formula is C29H29NO6. The van der Waals surface area contributed by atoms with Crippen LogP contribution >= 0.6 is 0 Å². The van der Waals surface area contributed by atoms with Gasteiger partial charge in [0.1, 0.15) is 5.75 Å². The van der Waals surface area contributed by atoms with Crippen molar-refractivity contribution >= 4 is 23.5 Å². The van der Waals surface area contributed by atoms with Crippen LogP contribution in [0.25, 0.3) is 0 Å². The number of hydrogen-bond donors (Lipinski definition) is 0. The summed E-state index contributed by atoms with van der Waals surface area (Å²) in [5.74, 6) is 0.597. The minimum Gasteiger partial charge on any atom is -0.490 e. The molecule has 0 N–H and O–H groups in total. The quantitative estimate of drug-likeness (QED) is 0.151. The van der Waals surface area contributed by atoms with Crippen LogP contribution in [0.2, 0.25) is 0 Å². The number of esters is 1.